The molecule has 2 aromatic rings. The van der Waals surface area contributed by atoms with Crippen LogP contribution in [0.4, 0.5) is 0 Å². The van der Waals surface area contributed by atoms with Gasteiger partial charge in [-0.3, -0.25) is 4.90 Å². The topological polar surface area (TPSA) is 51.4 Å². The van der Waals surface area contributed by atoms with E-state index in [-0.39, 0.29) is 11.1 Å². The second-order valence-corrected chi connectivity index (χ2v) is 14.2. The highest BCUT2D eigenvalue weighted by Gasteiger charge is 2.40. The molecular weight excluding hydrogens is 366 g/mol. The van der Waals surface area contributed by atoms with Crippen molar-refractivity contribution in [2.45, 2.75) is 77.2 Å². The fourth-order valence-electron chi connectivity index (χ4n) is 3.59. The zero-order valence-corrected chi connectivity index (χ0v) is 19.2. The van der Waals surface area contributed by atoms with Crippen LogP contribution in [0.15, 0.2) is 34.9 Å². The van der Waals surface area contributed by atoms with Gasteiger partial charge in [-0.1, -0.05) is 63.2 Å². The van der Waals surface area contributed by atoms with E-state index in [4.69, 9.17) is 13.9 Å². The lowest BCUT2D eigenvalue weighted by atomic mass is 10.1. The van der Waals surface area contributed by atoms with E-state index in [9.17, 15) is 0 Å². The third-order valence-electron chi connectivity index (χ3n) is 6.41. The monoisotopic (exact) mass is 401 g/mol. The van der Waals surface area contributed by atoms with Crippen LogP contribution in [0.25, 0.3) is 11.4 Å². The zero-order chi connectivity index (χ0) is 20.4. The smallest absolute Gasteiger partial charge is 0.244 e. The van der Waals surface area contributed by atoms with Gasteiger partial charge in [0.15, 0.2) is 8.32 Å². The van der Waals surface area contributed by atoms with Crippen molar-refractivity contribution < 1.29 is 8.95 Å². The van der Waals surface area contributed by atoms with E-state index in [2.05, 4.69) is 50.8 Å². The average molecular weight is 402 g/mol. The van der Waals surface area contributed by atoms with Gasteiger partial charge in [0, 0.05) is 18.2 Å². The molecule has 0 bridgehead atoms. The summed E-state index contributed by atoms with van der Waals surface area (Å²) in [5, 5.41) is 4.47. The fraction of sp³-hybridized carbons (Fsp3) is 0.636. The van der Waals surface area contributed by atoms with Gasteiger partial charge < -0.3 is 8.95 Å². The molecule has 1 aliphatic heterocycles. The first-order chi connectivity index (χ1) is 13.2. The van der Waals surface area contributed by atoms with E-state index in [0.29, 0.717) is 11.9 Å². The molecule has 1 aromatic heterocycles. The second kappa shape index (κ2) is 8.47. The Morgan fingerprint density at radius 1 is 1.25 bits per heavy atom. The molecule has 0 aliphatic carbocycles. The lowest BCUT2D eigenvalue weighted by Crippen LogP contribution is -2.45. The van der Waals surface area contributed by atoms with Gasteiger partial charge in [0.05, 0.1) is 6.04 Å². The van der Waals surface area contributed by atoms with Crippen molar-refractivity contribution in [2.24, 2.45) is 0 Å². The van der Waals surface area contributed by atoms with Crippen LogP contribution in [0, 0.1) is 0 Å². The summed E-state index contributed by atoms with van der Waals surface area (Å²) in [6, 6.07) is 10.6. The molecule has 0 amide bonds. The minimum absolute atomic E-state index is 0.153. The van der Waals surface area contributed by atoms with Crippen molar-refractivity contribution >= 4 is 8.32 Å². The molecule has 0 saturated carbocycles. The predicted octanol–water partition coefficient (Wildman–Crippen LogP) is 5.67. The summed E-state index contributed by atoms with van der Waals surface area (Å²) in [4.78, 5) is 7.25. The molecule has 1 aromatic carbocycles. The summed E-state index contributed by atoms with van der Waals surface area (Å²) in [5.41, 5.74) is 0.992. The SMILES string of the molecule is CC[C@H](c1nc(-c2ccccc2)no1)N1CCC[C@H]1CO[Si](C)(C)C(C)(C)C. The predicted molar refractivity (Wildman–Crippen MR) is 116 cm³/mol. The van der Waals surface area contributed by atoms with Crippen LogP contribution in [0.5, 0.6) is 0 Å². The summed E-state index contributed by atoms with van der Waals surface area (Å²) in [7, 11) is -1.74. The number of hydrogen-bond donors (Lipinski definition) is 0. The van der Waals surface area contributed by atoms with Crippen LogP contribution in [0.3, 0.4) is 0 Å². The number of aromatic nitrogens is 2. The fourth-order valence-corrected chi connectivity index (χ4v) is 4.64. The van der Waals surface area contributed by atoms with Crippen molar-refractivity contribution in [3.05, 3.63) is 36.2 Å². The summed E-state index contributed by atoms with van der Waals surface area (Å²) in [5.74, 6) is 1.39. The van der Waals surface area contributed by atoms with Gasteiger partial charge in [-0.25, -0.2) is 0 Å². The molecule has 5 nitrogen and oxygen atoms in total. The van der Waals surface area contributed by atoms with Gasteiger partial charge in [0.2, 0.25) is 11.7 Å². The third-order valence-corrected chi connectivity index (χ3v) is 10.9. The van der Waals surface area contributed by atoms with Crippen molar-refractivity contribution in [3.63, 3.8) is 0 Å². The first-order valence-electron chi connectivity index (χ1n) is 10.5. The summed E-state index contributed by atoms with van der Waals surface area (Å²) in [6.45, 7) is 15.6. The molecule has 0 N–H and O–H groups in total. The second-order valence-electron chi connectivity index (χ2n) is 9.35. The maximum absolute atomic E-state index is 6.54. The highest BCUT2D eigenvalue weighted by molar-refractivity contribution is 6.74. The van der Waals surface area contributed by atoms with E-state index in [0.717, 1.165) is 31.0 Å². The highest BCUT2D eigenvalue weighted by Crippen LogP contribution is 2.38. The lowest BCUT2D eigenvalue weighted by molar-refractivity contribution is 0.101. The van der Waals surface area contributed by atoms with Gasteiger partial charge in [-0.15, -0.1) is 0 Å². The minimum atomic E-state index is -1.74. The molecule has 1 aliphatic rings. The van der Waals surface area contributed by atoms with E-state index in [1.807, 2.05) is 30.3 Å². The van der Waals surface area contributed by atoms with E-state index < -0.39 is 8.32 Å². The molecule has 2 atom stereocenters. The van der Waals surface area contributed by atoms with Gasteiger partial charge in [0.1, 0.15) is 0 Å². The van der Waals surface area contributed by atoms with Gasteiger partial charge >= 0.3 is 0 Å². The van der Waals surface area contributed by atoms with Crippen LogP contribution in [0.2, 0.25) is 18.1 Å². The highest BCUT2D eigenvalue weighted by atomic mass is 28.4. The normalized spacial score (nSPS) is 19.9. The first-order valence-corrected chi connectivity index (χ1v) is 13.4. The molecule has 154 valence electrons. The lowest BCUT2D eigenvalue weighted by Gasteiger charge is -2.38. The van der Waals surface area contributed by atoms with E-state index in [1.165, 1.54) is 12.8 Å². The van der Waals surface area contributed by atoms with Crippen molar-refractivity contribution in [1.29, 1.82) is 0 Å². The average Bonchev–Trinajstić information content (AvgIpc) is 3.31. The number of benzene rings is 1. The Balaban J connectivity index is 1.72. The zero-order valence-electron chi connectivity index (χ0n) is 18.2. The summed E-state index contributed by atoms with van der Waals surface area (Å²) in [6.07, 6.45) is 3.32. The third kappa shape index (κ3) is 4.55. The molecular formula is C22H35N3O2Si. The molecule has 1 saturated heterocycles. The molecule has 0 unspecified atom stereocenters. The van der Waals surface area contributed by atoms with Crippen molar-refractivity contribution in [3.8, 4) is 11.4 Å². The van der Waals surface area contributed by atoms with Crippen LogP contribution in [-0.4, -0.2) is 42.6 Å². The summed E-state index contributed by atoms with van der Waals surface area (Å²) >= 11 is 0. The molecule has 28 heavy (non-hydrogen) atoms. The number of rotatable bonds is 7. The number of nitrogens with zero attached hydrogens (tertiary/aromatic N) is 3. The number of likely N-dealkylation sites (tertiary alicyclic amines) is 1. The van der Waals surface area contributed by atoms with Crippen molar-refractivity contribution in [2.75, 3.05) is 13.2 Å². The largest absolute Gasteiger partial charge is 0.415 e. The van der Waals surface area contributed by atoms with Gasteiger partial charge in [-0.2, -0.15) is 4.98 Å². The maximum atomic E-state index is 6.54. The maximum Gasteiger partial charge on any atom is 0.244 e. The molecule has 2 heterocycles. The quantitative estimate of drug-likeness (QED) is 0.559. The van der Waals surface area contributed by atoms with Crippen LogP contribution >= 0.6 is 0 Å². The Morgan fingerprint density at radius 2 is 1.96 bits per heavy atom. The Hall–Kier alpha value is -1.50. The Morgan fingerprint density at radius 3 is 2.61 bits per heavy atom. The van der Waals surface area contributed by atoms with E-state index >= 15 is 0 Å². The van der Waals surface area contributed by atoms with Crippen LogP contribution in [-0.2, 0) is 4.43 Å². The van der Waals surface area contributed by atoms with Crippen LogP contribution in [0.1, 0.15) is 58.9 Å². The molecule has 3 rings (SSSR count). The van der Waals surface area contributed by atoms with Crippen LogP contribution < -0.4 is 0 Å². The summed E-state index contributed by atoms with van der Waals surface area (Å²) < 4.78 is 12.2. The standard InChI is InChI=1S/C22H35N3O2Si/c1-7-19(21-23-20(24-27-21)17-12-9-8-10-13-17)25-15-11-14-18(25)16-26-28(5,6)22(2,3)4/h8-10,12-13,18-19H,7,11,14-16H2,1-6H3/t18-,19+/m0/s1. The van der Waals surface area contributed by atoms with E-state index in [1.54, 1.807) is 0 Å². The molecule has 0 spiro atoms. The molecule has 6 heteroatoms. The Kier molecular flexibility index (Phi) is 6.42. The molecule has 0 radical (unpaired) electrons. The molecule has 1 fully saturated rings. The van der Waals surface area contributed by atoms with Crippen molar-refractivity contribution in [1.82, 2.24) is 15.0 Å². The Bertz CT molecular complexity index is 755. The Labute approximate surface area is 170 Å². The van der Waals surface area contributed by atoms with Gasteiger partial charge in [-0.05, 0) is 43.9 Å². The van der Waals surface area contributed by atoms with Gasteiger partial charge in [0.25, 0.3) is 0 Å². The first kappa shape index (κ1) is 21.2. The minimum Gasteiger partial charge on any atom is -0.415 e. The number of hydrogen-bond acceptors (Lipinski definition) is 5.